The molecule has 2 amide bonds. The highest BCUT2D eigenvalue weighted by atomic mass is 19.4. The van der Waals surface area contributed by atoms with Gasteiger partial charge in [0, 0.05) is 51.0 Å². The summed E-state index contributed by atoms with van der Waals surface area (Å²) in [5.74, 6) is -1.25. The third-order valence-corrected chi connectivity index (χ3v) is 6.56. The molecule has 0 unspecified atom stereocenters. The number of piperazine rings is 1. The average molecular weight is 535 g/mol. The number of rotatable bonds is 8. The van der Waals surface area contributed by atoms with Gasteiger partial charge in [0.1, 0.15) is 0 Å². The summed E-state index contributed by atoms with van der Waals surface area (Å²) in [5, 5.41) is 7.42. The molecule has 0 spiro atoms. The van der Waals surface area contributed by atoms with Crippen LogP contribution in [0, 0.1) is 0 Å². The van der Waals surface area contributed by atoms with Gasteiger partial charge < -0.3 is 15.7 Å². The minimum absolute atomic E-state index is 0.207. The van der Waals surface area contributed by atoms with Gasteiger partial charge in [-0.15, -0.1) is 0 Å². The topological polar surface area (TPSA) is 107 Å². The molecule has 4 rings (SSSR count). The van der Waals surface area contributed by atoms with Crippen LogP contribution in [0.25, 0.3) is 0 Å². The summed E-state index contributed by atoms with van der Waals surface area (Å²) >= 11 is 0. The lowest BCUT2D eigenvalue weighted by atomic mass is 10.1. The Balaban J connectivity index is 0.000000934. The molecule has 2 aromatic carbocycles. The second kappa shape index (κ2) is 12.8. The van der Waals surface area contributed by atoms with E-state index in [2.05, 4.69) is 4.90 Å². The number of nitrogens with zero attached hydrogens (tertiary/aromatic N) is 3. The van der Waals surface area contributed by atoms with Crippen molar-refractivity contribution in [3.63, 3.8) is 0 Å². The van der Waals surface area contributed by atoms with Crippen LogP contribution >= 0.6 is 0 Å². The van der Waals surface area contributed by atoms with Crippen molar-refractivity contribution in [2.75, 3.05) is 49.9 Å². The van der Waals surface area contributed by atoms with Crippen molar-refractivity contribution in [2.45, 2.75) is 38.8 Å². The zero-order valence-electron chi connectivity index (χ0n) is 21.3. The summed E-state index contributed by atoms with van der Waals surface area (Å²) in [5.41, 5.74) is 5.99. The quantitative estimate of drug-likeness (QED) is 0.294. The Hall–Kier alpha value is -3.60. The molecule has 1 saturated heterocycles. The molecular weight excluding hydrogens is 501 g/mol. The third-order valence-electron chi connectivity index (χ3n) is 6.56. The Kier molecular flexibility index (Phi) is 9.73. The SMILES string of the molecule is CC(=O)O.Nc1ccc(N2CCN(CCCCCCN3C(=O)c4ccccc4C3=O)CC2)cc1C(F)(F)F. The summed E-state index contributed by atoms with van der Waals surface area (Å²) in [6.45, 7) is 5.37. The molecule has 2 aliphatic heterocycles. The Morgan fingerprint density at radius 1 is 0.895 bits per heavy atom. The van der Waals surface area contributed by atoms with E-state index in [0.29, 0.717) is 36.4 Å². The first kappa shape index (κ1) is 29.0. The normalized spacial score (nSPS) is 15.8. The predicted molar refractivity (Wildman–Crippen MR) is 138 cm³/mol. The van der Waals surface area contributed by atoms with Gasteiger partial charge >= 0.3 is 6.18 Å². The first-order valence-electron chi connectivity index (χ1n) is 12.6. The standard InChI is InChI=1S/C25H29F3N4O2.C2H4O2/c26-25(27,28)21-17-18(9-10-22(21)29)31-15-13-30(14-16-31)11-5-1-2-6-12-32-23(33)19-7-3-4-8-20(19)24(32)34;1-2(3)4/h3-4,7-10,17H,1-2,5-6,11-16,29H2;1H3,(H,3,4). The molecule has 2 aliphatic rings. The Morgan fingerprint density at radius 2 is 1.42 bits per heavy atom. The smallest absolute Gasteiger partial charge is 0.418 e. The molecule has 2 aromatic rings. The zero-order valence-corrected chi connectivity index (χ0v) is 21.3. The molecule has 2 heterocycles. The number of carboxylic acid groups (broad SMARTS) is 1. The van der Waals surface area contributed by atoms with Crippen LogP contribution in [0.5, 0.6) is 0 Å². The van der Waals surface area contributed by atoms with Gasteiger partial charge in [0.2, 0.25) is 0 Å². The fraction of sp³-hybridized carbons (Fsp3) is 0.444. The fourth-order valence-electron chi connectivity index (χ4n) is 4.62. The van der Waals surface area contributed by atoms with E-state index >= 15 is 0 Å². The molecule has 206 valence electrons. The van der Waals surface area contributed by atoms with Crippen LogP contribution in [0.2, 0.25) is 0 Å². The van der Waals surface area contributed by atoms with E-state index in [-0.39, 0.29) is 17.5 Å². The number of fused-ring (bicyclic) bond motifs is 1. The molecule has 0 atom stereocenters. The second-order valence-corrected chi connectivity index (χ2v) is 9.34. The van der Waals surface area contributed by atoms with E-state index in [4.69, 9.17) is 15.6 Å². The minimum atomic E-state index is -4.46. The van der Waals surface area contributed by atoms with Gasteiger partial charge in [-0.25, -0.2) is 0 Å². The summed E-state index contributed by atoms with van der Waals surface area (Å²) in [6, 6.07) is 11.0. The second-order valence-electron chi connectivity index (χ2n) is 9.34. The van der Waals surface area contributed by atoms with Gasteiger partial charge in [-0.1, -0.05) is 25.0 Å². The van der Waals surface area contributed by atoms with Crippen molar-refractivity contribution < 1.29 is 32.7 Å². The maximum Gasteiger partial charge on any atom is 0.418 e. The molecule has 8 nitrogen and oxygen atoms in total. The molecule has 0 bridgehead atoms. The molecule has 38 heavy (non-hydrogen) atoms. The summed E-state index contributed by atoms with van der Waals surface area (Å²) < 4.78 is 39.4. The maximum atomic E-state index is 13.1. The first-order chi connectivity index (χ1) is 18.0. The number of carboxylic acids is 1. The molecule has 0 radical (unpaired) electrons. The lowest BCUT2D eigenvalue weighted by Gasteiger charge is -2.36. The zero-order chi connectivity index (χ0) is 27.9. The maximum absolute atomic E-state index is 13.1. The van der Waals surface area contributed by atoms with Crippen LogP contribution in [-0.2, 0) is 11.0 Å². The van der Waals surface area contributed by atoms with E-state index in [1.54, 1.807) is 30.3 Å². The number of hydrogen-bond acceptors (Lipinski definition) is 6. The molecule has 0 aliphatic carbocycles. The molecule has 0 aromatic heterocycles. The van der Waals surface area contributed by atoms with Crippen molar-refractivity contribution in [1.29, 1.82) is 0 Å². The molecule has 11 heteroatoms. The van der Waals surface area contributed by atoms with Crippen LogP contribution in [0.3, 0.4) is 0 Å². The van der Waals surface area contributed by atoms with Crippen LogP contribution in [-0.4, -0.2) is 72.0 Å². The molecule has 0 saturated carbocycles. The Bertz CT molecular complexity index is 1110. The van der Waals surface area contributed by atoms with E-state index in [0.717, 1.165) is 58.3 Å². The fourth-order valence-corrected chi connectivity index (χ4v) is 4.62. The van der Waals surface area contributed by atoms with Gasteiger partial charge in [-0.3, -0.25) is 24.2 Å². The largest absolute Gasteiger partial charge is 0.481 e. The number of imide groups is 1. The highest BCUT2D eigenvalue weighted by Gasteiger charge is 2.35. The summed E-state index contributed by atoms with van der Waals surface area (Å²) in [7, 11) is 0. The highest BCUT2D eigenvalue weighted by Crippen LogP contribution is 2.36. The van der Waals surface area contributed by atoms with Gasteiger partial charge in [0.25, 0.3) is 17.8 Å². The number of benzene rings is 2. The van der Waals surface area contributed by atoms with Gasteiger partial charge in [0.15, 0.2) is 0 Å². The minimum Gasteiger partial charge on any atom is -0.481 e. The number of amides is 2. The molecule has 1 fully saturated rings. The van der Waals surface area contributed by atoms with Crippen molar-refractivity contribution in [3.05, 3.63) is 59.2 Å². The Morgan fingerprint density at radius 3 is 1.95 bits per heavy atom. The van der Waals surface area contributed by atoms with Crippen LogP contribution in [0.15, 0.2) is 42.5 Å². The van der Waals surface area contributed by atoms with Crippen molar-refractivity contribution >= 4 is 29.2 Å². The van der Waals surface area contributed by atoms with E-state index in [1.807, 2.05) is 4.90 Å². The molecule has 3 N–H and O–H groups in total. The number of carbonyl (C=O) groups is 3. The lowest BCUT2D eigenvalue weighted by Crippen LogP contribution is -2.46. The number of halogens is 3. The van der Waals surface area contributed by atoms with Crippen LogP contribution < -0.4 is 10.6 Å². The number of hydrogen-bond donors (Lipinski definition) is 2. The lowest BCUT2D eigenvalue weighted by molar-refractivity contribution is -0.137. The van der Waals surface area contributed by atoms with Gasteiger partial charge in [0.05, 0.1) is 16.7 Å². The monoisotopic (exact) mass is 534 g/mol. The van der Waals surface area contributed by atoms with E-state index in [9.17, 15) is 22.8 Å². The van der Waals surface area contributed by atoms with Gasteiger partial charge in [-0.05, 0) is 49.7 Å². The average Bonchev–Trinajstić information content (AvgIpc) is 3.10. The number of nitrogens with two attached hydrogens (primary N) is 1. The third kappa shape index (κ3) is 7.47. The number of nitrogen functional groups attached to an aromatic ring is 1. The number of alkyl halides is 3. The Labute approximate surface area is 219 Å². The van der Waals surface area contributed by atoms with Crippen LogP contribution in [0.1, 0.15) is 58.9 Å². The van der Waals surface area contributed by atoms with E-state index in [1.165, 1.54) is 11.0 Å². The number of carbonyl (C=O) groups excluding carboxylic acids is 2. The van der Waals surface area contributed by atoms with Crippen molar-refractivity contribution in [1.82, 2.24) is 9.80 Å². The van der Waals surface area contributed by atoms with Crippen LogP contribution in [0.4, 0.5) is 24.5 Å². The van der Waals surface area contributed by atoms with Crippen molar-refractivity contribution in [3.8, 4) is 0 Å². The number of unbranched alkanes of at least 4 members (excludes halogenated alkanes) is 3. The summed E-state index contributed by atoms with van der Waals surface area (Å²) in [4.78, 5) is 39.4. The molecular formula is C27H33F3N4O4. The first-order valence-corrected chi connectivity index (χ1v) is 12.6. The summed E-state index contributed by atoms with van der Waals surface area (Å²) in [6.07, 6.45) is -0.753. The predicted octanol–water partition coefficient (Wildman–Crippen LogP) is 4.36. The highest BCUT2D eigenvalue weighted by molar-refractivity contribution is 6.21. The number of anilines is 2. The van der Waals surface area contributed by atoms with E-state index < -0.39 is 17.7 Å². The van der Waals surface area contributed by atoms with Crippen molar-refractivity contribution in [2.24, 2.45) is 0 Å². The number of aliphatic carboxylic acids is 1. The van der Waals surface area contributed by atoms with Gasteiger partial charge in [-0.2, -0.15) is 13.2 Å².